The highest BCUT2D eigenvalue weighted by Gasteiger charge is 2.40. The molecule has 23 heavy (non-hydrogen) atoms. The summed E-state index contributed by atoms with van der Waals surface area (Å²) in [7, 11) is 0. The highest BCUT2D eigenvalue weighted by molar-refractivity contribution is 5.88. The van der Waals surface area contributed by atoms with E-state index in [0.29, 0.717) is 11.8 Å². The van der Waals surface area contributed by atoms with Crippen LogP contribution in [0, 0.1) is 17.8 Å². The zero-order valence-corrected chi connectivity index (χ0v) is 15.3. The normalized spacial score (nSPS) is 32.2. The van der Waals surface area contributed by atoms with Crippen LogP contribution >= 0.6 is 12.4 Å². The molecule has 4 unspecified atom stereocenters. The highest BCUT2D eigenvalue weighted by Crippen LogP contribution is 2.41. The van der Waals surface area contributed by atoms with E-state index in [-0.39, 0.29) is 42.2 Å². The first kappa shape index (κ1) is 20.2. The third kappa shape index (κ3) is 5.08. The molecule has 2 saturated carbocycles. The van der Waals surface area contributed by atoms with Gasteiger partial charge in [0.1, 0.15) is 6.04 Å². The van der Waals surface area contributed by atoms with E-state index in [1.54, 1.807) is 6.92 Å². The third-order valence-electron chi connectivity index (χ3n) is 5.54. The van der Waals surface area contributed by atoms with E-state index in [9.17, 15) is 9.59 Å². The Labute approximate surface area is 145 Å². The first-order chi connectivity index (χ1) is 10.4. The van der Waals surface area contributed by atoms with Gasteiger partial charge >= 0.3 is 0 Å². The molecule has 0 radical (unpaired) electrons. The van der Waals surface area contributed by atoms with Crippen molar-refractivity contribution in [2.45, 2.75) is 77.4 Å². The SMILES string of the molecule is CCC(C)NC(=O)C(C)NC(=O)C1CC2CCCC(C1)C2N.Cl. The van der Waals surface area contributed by atoms with E-state index in [4.69, 9.17) is 5.73 Å². The molecule has 0 heterocycles. The molecule has 2 aliphatic carbocycles. The zero-order chi connectivity index (χ0) is 16.3. The van der Waals surface area contributed by atoms with Gasteiger partial charge in [-0.2, -0.15) is 0 Å². The summed E-state index contributed by atoms with van der Waals surface area (Å²) in [6, 6.07) is -0.0697. The summed E-state index contributed by atoms with van der Waals surface area (Å²) in [5, 5.41) is 5.80. The number of carbonyl (C=O) groups excluding carboxylic acids is 2. The smallest absolute Gasteiger partial charge is 0.242 e. The zero-order valence-electron chi connectivity index (χ0n) is 14.5. The summed E-state index contributed by atoms with van der Waals surface area (Å²) in [5.74, 6) is 0.903. The Morgan fingerprint density at radius 1 is 1.13 bits per heavy atom. The van der Waals surface area contributed by atoms with Crippen LogP contribution in [0.4, 0.5) is 0 Å². The first-order valence-electron chi connectivity index (χ1n) is 8.78. The maximum absolute atomic E-state index is 12.5. The van der Waals surface area contributed by atoms with Crippen LogP contribution in [-0.2, 0) is 9.59 Å². The fraction of sp³-hybridized carbons (Fsp3) is 0.882. The van der Waals surface area contributed by atoms with Crippen LogP contribution in [0.3, 0.4) is 0 Å². The van der Waals surface area contributed by atoms with Crippen molar-refractivity contribution in [3.63, 3.8) is 0 Å². The summed E-state index contributed by atoms with van der Waals surface area (Å²) < 4.78 is 0. The average Bonchev–Trinajstić information content (AvgIpc) is 2.46. The molecular formula is C17H32ClN3O2. The Morgan fingerprint density at radius 2 is 1.70 bits per heavy atom. The van der Waals surface area contributed by atoms with E-state index in [1.807, 2.05) is 13.8 Å². The quantitative estimate of drug-likeness (QED) is 0.712. The van der Waals surface area contributed by atoms with Crippen LogP contribution in [0.1, 0.15) is 59.3 Å². The van der Waals surface area contributed by atoms with Crippen LogP contribution in [0.25, 0.3) is 0 Å². The lowest BCUT2D eigenvalue weighted by Gasteiger charge is -2.43. The van der Waals surface area contributed by atoms with Crippen molar-refractivity contribution in [3.8, 4) is 0 Å². The number of nitrogens with two attached hydrogens (primary N) is 1. The van der Waals surface area contributed by atoms with Crippen molar-refractivity contribution in [1.29, 1.82) is 0 Å². The van der Waals surface area contributed by atoms with E-state index in [0.717, 1.165) is 32.1 Å². The van der Waals surface area contributed by atoms with Crippen molar-refractivity contribution in [2.24, 2.45) is 23.5 Å². The molecule has 2 rings (SSSR count). The van der Waals surface area contributed by atoms with Gasteiger partial charge < -0.3 is 16.4 Å². The lowest BCUT2D eigenvalue weighted by molar-refractivity contribution is -0.133. The molecule has 0 aromatic carbocycles. The second-order valence-electron chi connectivity index (χ2n) is 7.24. The first-order valence-corrected chi connectivity index (χ1v) is 8.78. The standard InChI is InChI=1S/C17H31N3O2.ClH/c1-4-10(2)19-16(21)11(3)20-17(22)14-8-12-6-5-7-13(9-14)15(12)18;/h10-15H,4-9,18H2,1-3H3,(H,19,21)(H,20,22);1H. The number of carbonyl (C=O) groups is 2. The molecule has 0 spiro atoms. The molecule has 2 amide bonds. The van der Waals surface area contributed by atoms with Crippen molar-refractivity contribution in [1.82, 2.24) is 10.6 Å². The maximum atomic E-state index is 12.5. The van der Waals surface area contributed by atoms with Gasteiger partial charge in [-0.15, -0.1) is 12.4 Å². The van der Waals surface area contributed by atoms with Crippen LogP contribution in [-0.4, -0.2) is 29.9 Å². The van der Waals surface area contributed by atoms with Gasteiger partial charge in [0.25, 0.3) is 0 Å². The number of halogens is 1. The summed E-state index contributed by atoms with van der Waals surface area (Å²) >= 11 is 0. The second-order valence-corrected chi connectivity index (χ2v) is 7.24. The monoisotopic (exact) mass is 345 g/mol. The Bertz CT molecular complexity index is 405. The highest BCUT2D eigenvalue weighted by atomic mass is 35.5. The molecule has 0 saturated heterocycles. The van der Waals surface area contributed by atoms with E-state index >= 15 is 0 Å². The van der Waals surface area contributed by atoms with Gasteiger partial charge in [0, 0.05) is 18.0 Å². The minimum atomic E-state index is -0.475. The van der Waals surface area contributed by atoms with Crippen molar-refractivity contribution in [3.05, 3.63) is 0 Å². The molecule has 4 atom stereocenters. The number of hydrogen-bond acceptors (Lipinski definition) is 3. The van der Waals surface area contributed by atoms with Gasteiger partial charge in [0.15, 0.2) is 0 Å². The molecule has 2 bridgehead atoms. The molecule has 0 aromatic rings. The molecule has 0 aliphatic heterocycles. The predicted molar refractivity (Wildman–Crippen MR) is 94.3 cm³/mol. The molecule has 2 aliphatic rings. The number of fused-ring (bicyclic) bond motifs is 2. The van der Waals surface area contributed by atoms with E-state index in [2.05, 4.69) is 10.6 Å². The number of hydrogen-bond donors (Lipinski definition) is 3. The van der Waals surface area contributed by atoms with E-state index in [1.165, 1.54) is 6.42 Å². The molecule has 0 aromatic heterocycles. The molecule has 6 heteroatoms. The minimum Gasteiger partial charge on any atom is -0.352 e. The second kappa shape index (κ2) is 8.88. The van der Waals surface area contributed by atoms with Crippen LogP contribution in [0.5, 0.6) is 0 Å². The summed E-state index contributed by atoms with van der Waals surface area (Å²) in [4.78, 5) is 24.5. The Morgan fingerprint density at radius 3 is 2.22 bits per heavy atom. The predicted octanol–water partition coefficient (Wildman–Crippen LogP) is 1.98. The summed E-state index contributed by atoms with van der Waals surface area (Å²) in [5.41, 5.74) is 6.27. The lowest BCUT2D eigenvalue weighted by atomic mass is 9.65. The van der Waals surface area contributed by atoms with Crippen molar-refractivity contribution < 1.29 is 9.59 Å². The van der Waals surface area contributed by atoms with Crippen LogP contribution < -0.4 is 16.4 Å². The van der Waals surface area contributed by atoms with Gasteiger partial charge in [0.2, 0.25) is 11.8 Å². The summed E-state index contributed by atoms with van der Waals surface area (Å²) in [6.07, 6.45) is 6.17. The van der Waals surface area contributed by atoms with Crippen molar-refractivity contribution >= 4 is 24.2 Å². The average molecular weight is 346 g/mol. The fourth-order valence-electron chi connectivity index (χ4n) is 3.87. The van der Waals surface area contributed by atoms with Crippen LogP contribution in [0.2, 0.25) is 0 Å². The Kier molecular flexibility index (Phi) is 7.81. The van der Waals surface area contributed by atoms with Crippen LogP contribution in [0.15, 0.2) is 0 Å². The van der Waals surface area contributed by atoms with Crippen molar-refractivity contribution in [2.75, 3.05) is 0 Å². The maximum Gasteiger partial charge on any atom is 0.242 e. The molecule has 4 N–H and O–H groups in total. The van der Waals surface area contributed by atoms with Gasteiger partial charge in [-0.3, -0.25) is 9.59 Å². The molecule has 134 valence electrons. The number of nitrogens with one attached hydrogen (secondary N) is 2. The van der Waals surface area contributed by atoms with Gasteiger partial charge in [-0.1, -0.05) is 13.3 Å². The molecule has 2 fully saturated rings. The van der Waals surface area contributed by atoms with E-state index < -0.39 is 6.04 Å². The van der Waals surface area contributed by atoms with Gasteiger partial charge in [-0.25, -0.2) is 0 Å². The van der Waals surface area contributed by atoms with Gasteiger partial charge in [-0.05, 0) is 57.8 Å². The summed E-state index contributed by atoms with van der Waals surface area (Å²) in [6.45, 7) is 5.75. The molecule has 5 nitrogen and oxygen atoms in total. The Balaban J connectivity index is 0.00000264. The lowest BCUT2D eigenvalue weighted by Crippen LogP contribution is -2.52. The largest absolute Gasteiger partial charge is 0.352 e. The van der Waals surface area contributed by atoms with Gasteiger partial charge in [0.05, 0.1) is 0 Å². The minimum absolute atomic E-state index is 0. The third-order valence-corrected chi connectivity index (χ3v) is 5.54. The number of amides is 2. The Hall–Kier alpha value is -0.810. The molecular weight excluding hydrogens is 314 g/mol. The fourth-order valence-corrected chi connectivity index (χ4v) is 3.87. The topological polar surface area (TPSA) is 84.2 Å². The number of rotatable bonds is 5.